The first kappa shape index (κ1) is 16.3. The predicted molar refractivity (Wildman–Crippen MR) is 86.7 cm³/mol. The number of nitrogens with two attached hydrogens (primary N) is 1. The van der Waals surface area contributed by atoms with Crippen molar-refractivity contribution in [2.75, 3.05) is 5.32 Å². The summed E-state index contributed by atoms with van der Waals surface area (Å²) in [6.45, 7) is 0.512. The lowest BCUT2D eigenvalue weighted by molar-refractivity contribution is -0.137. The van der Waals surface area contributed by atoms with Crippen LogP contribution in [-0.2, 0) is 12.7 Å². The van der Waals surface area contributed by atoms with Crippen LogP contribution in [0.4, 0.5) is 18.9 Å². The molecule has 0 amide bonds. The smallest absolute Gasteiger partial charge is 0.389 e. The van der Waals surface area contributed by atoms with E-state index in [0.29, 0.717) is 12.2 Å². The van der Waals surface area contributed by atoms with E-state index in [1.807, 2.05) is 12.1 Å². The Morgan fingerprint density at radius 2 is 2.00 bits per heavy atom. The van der Waals surface area contributed by atoms with Gasteiger partial charge in [-0.3, -0.25) is 0 Å². The molecule has 3 N–H and O–H groups in total. The second kappa shape index (κ2) is 6.33. The predicted octanol–water partition coefficient (Wildman–Crippen LogP) is 4.78. The summed E-state index contributed by atoms with van der Waals surface area (Å²) in [5.41, 5.74) is 4.94. The van der Waals surface area contributed by atoms with Crippen LogP contribution in [0.2, 0.25) is 0 Å². The third kappa shape index (κ3) is 4.18. The molecule has 0 unspecified atom stereocenters. The molecule has 0 atom stereocenters. The molecule has 0 bridgehead atoms. The largest absolute Gasteiger partial charge is 0.417 e. The van der Waals surface area contributed by atoms with Crippen molar-refractivity contribution in [3.8, 4) is 0 Å². The highest BCUT2D eigenvalue weighted by molar-refractivity contribution is 9.11. The summed E-state index contributed by atoms with van der Waals surface area (Å²) < 4.78 is 39.6. The minimum absolute atomic E-state index is 0.171. The molecule has 1 heterocycles. The monoisotopic (exact) mass is 394 g/mol. The van der Waals surface area contributed by atoms with E-state index in [2.05, 4.69) is 21.2 Å². The zero-order valence-electron chi connectivity index (χ0n) is 10.5. The Balaban J connectivity index is 2.22. The highest BCUT2D eigenvalue weighted by atomic mass is 79.9. The first-order chi connectivity index (χ1) is 9.77. The van der Waals surface area contributed by atoms with Gasteiger partial charge in [0.25, 0.3) is 0 Å². The number of thiophene rings is 1. The zero-order chi connectivity index (χ0) is 15.6. The molecule has 0 saturated carbocycles. The van der Waals surface area contributed by atoms with Crippen LogP contribution in [-0.4, -0.2) is 4.99 Å². The van der Waals surface area contributed by atoms with Crippen LogP contribution in [0.5, 0.6) is 0 Å². The maximum Gasteiger partial charge on any atom is 0.417 e. The zero-order valence-corrected chi connectivity index (χ0v) is 13.7. The fourth-order valence-electron chi connectivity index (χ4n) is 1.74. The summed E-state index contributed by atoms with van der Waals surface area (Å²) in [7, 11) is 0. The van der Waals surface area contributed by atoms with Gasteiger partial charge in [0, 0.05) is 22.7 Å². The molecule has 1 aromatic heterocycles. The van der Waals surface area contributed by atoms with Gasteiger partial charge in [-0.15, -0.1) is 11.3 Å². The molecule has 0 aliphatic heterocycles. The topological polar surface area (TPSA) is 38.0 Å². The van der Waals surface area contributed by atoms with E-state index in [4.69, 9.17) is 18.0 Å². The average Bonchev–Trinajstić information content (AvgIpc) is 2.80. The first-order valence-electron chi connectivity index (χ1n) is 5.76. The Morgan fingerprint density at radius 3 is 2.52 bits per heavy atom. The first-order valence-corrected chi connectivity index (χ1v) is 7.78. The molecular formula is C13H10BrF3N2S2. The highest BCUT2D eigenvalue weighted by Crippen LogP contribution is 2.33. The Kier molecular flexibility index (Phi) is 4.90. The third-order valence-electron chi connectivity index (χ3n) is 2.69. The van der Waals surface area contributed by atoms with Gasteiger partial charge in [-0.2, -0.15) is 13.2 Å². The molecule has 0 fully saturated rings. The molecule has 0 spiro atoms. The van der Waals surface area contributed by atoms with E-state index in [9.17, 15) is 13.2 Å². The minimum Gasteiger partial charge on any atom is -0.389 e. The summed E-state index contributed by atoms with van der Waals surface area (Å²) in [6, 6.07) is 7.53. The summed E-state index contributed by atoms with van der Waals surface area (Å²) >= 11 is 9.61. The lowest BCUT2D eigenvalue weighted by Gasteiger charge is -2.14. The van der Waals surface area contributed by atoms with Gasteiger partial charge < -0.3 is 11.1 Å². The summed E-state index contributed by atoms with van der Waals surface area (Å²) in [6.07, 6.45) is -4.48. The van der Waals surface area contributed by atoms with Crippen LogP contribution in [0.25, 0.3) is 0 Å². The Labute approximate surface area is 137 Å². The minimum atomic E-state index is -4.48. The van der Waals surface area contributed by atoms with Gasteiger partial charge in [-0.25, -0.2) is 0 Å². The normalized spacial score (nSPS) is 11.4. The van der Waals surface area contributed by atoms with E-state index in [0.717, 1.165) is 14.7 Å². The maximum atomic E-state index is 12.9. The molecule has 8 heteroatoms. The van der Waals surface area contributed by atoms with Crippen LogP contribution in [0.15, 0.2) is 34.1 Å². The van der Waals surface area contributed by atoms with Gasteiger partial charge in [-0.05, 0) is 46.3 Å². The van der Waals surface area contributed by atoms with Gasteiger partial charge in [0.05, 0.1) is 9.35 Å². The van der Waals surface area contributed by atoms with Crippen molar-refractivity contribution in [3.05, 3.63) is 50.1 Å². The molecule has 0 saturated heterocycles. The number of anilines is 1. The molecule has 1 aromatic carbocycles. The van der Waals surface area contributed by atoms with Crippen molar-refractivity contribution in [1.29, 1.82) is 0 Å². The molecule has 2 aromatic rings. The number of nitrogens with one attached hydrogen (secondary N) is 1. The molecule has 112 valence electrons. The van der Waals surface area contributed by atoms with Gasteiger partial charge in [0.15, 0.2) is 0 Å². The quantitative estimate of drug-likeness (QED) is 0.733. The van der Waals surface area contributed by atoms with Crippen molar-refractivity contribution in [1.82, 2.24) is 0 Å². The van der Waals surface area contributed by atoms with Gasteiger partial charge >= 0.3 is 6.18 Å². The molecule has 2 rings (SSSR count). The summed E-state index contributed by atoms with van der Waals surface area (Å²) in [4.78, 5) is 0.781. The van der Waals surface area contributed by atoms with Crippen molar-refractivity contribution < 1.29 is 13.2 Å². The molecule has 21 heavy (non-hydrogen) atoms. The molecule has 2 nitrogen and oxygen atoms in total. The number of benzene rings is 1. The lowest BCUT2D eigenvalue weighted by atomic mass is 10.1. The van der Waals surface area contributed by atoms with Crippen LogP contribution in [0, 0.1) is 0 Å². The van der Waals surface area contributed by atoms with E-state index in [1.54, 1.807) is 11.3 Å². The number of hydrogen-bond donors (Lipinski definition) is 2. The van der Waals surface area contributed by atoms with E-state index < -0.39 is 11.7 Å². The van der Waals surface area contributed by atoms with Crippen molar-refractivity contribution in [2.24, 2.45) is 5.73 Å². The number of alkyl halides is 3. The molecule has 0 aliphatic rings. The molecule has 0 radical (unpaired) electrons. The van der Waals surface area contributed by atoms with E-state index in [1.165, 1.54) is 12.1 Å². The fraction of sp³-hybridized carbons (Fsp3) is 0.154. The van der Waals surface area contributed by atoms with Crippen LogP contribution >= 0.6 is 39.5 Å². The van der Waals surface area contributed by atoms with Crippen LogP contribution < -0.4 is 11.1 Å². The van der Waals surface area contributed by atoms with Crippen molar-refractivity contribution >= 4 is 50.2 Å². The van der Waals surface area contributed by atoms with E-state index in [-0.39, 0.29) is 10.6 Å². The van der Waals surface area contributed by atoms with Crippen molar-refractivity contribution in [3.63, 3.8) is 0 Å². The standard InChI is InChI=1S/C13H10BrF3N2S2/c14-11-4-2-8(21-11)6-19-7-1-3-10(13(15,16)17)9(5-7)12(18)20/h1-5,19H,6H2,(H2,18,20). The Morgan fingerprint density at radius 1 is 1.29 bits per heavy atom. The number of thiocarbonyl (C=S) groups is 1. The lowest BCUT2D eigenvalue weighted by Crippen LogP contribution is -2.18. The Hall–Kier alpha value is -1.12. The van der Waals surface area contributed by atoms with Gasteiger partial charge in [-0.1, -0.05) is 12.2 Å². The van der Waals surface area contributed by atoms with Crippen LogP contribution in [0.1, 0.15) is 16.0 Å². The van der Waals surface area contributed by atoms with Crippen LogP contribution in [0.3, 0.4) is 0 Å². The van der Waals surface area contributed by atoms with Crippen molar-refractivity contribution in [2.45, 2.75) is 12.7 Å². The number of halogens is 4. The molecule has 0 aliphatic carbocycles. The van der Waals surface area contributed by atoms with Gasteiger partial charge in [0.1, 0.15) is 4.99 Å². The second-order valence-electron chi connectivity index (χ2n) is 4.18. The second-order valence-corrected chi connectivity index (χ2v) is 7.17. The molecular weight excluding hydrogens is 385 g/mol. The number of rotatable bonds is 4. The number of hydrogen-bond acceptors (Lipinski definition) is 3. The summed E-state index contributed by atoms with van der Waals surface area (Å²) in [5, 5.41) is 3.06. The Bertz CT molecular complexity index is 668. The SMILES string of the molecule is NC(=S)c1cc(NCc2ccc(Br)s2)ccc1C(F)(F)F. The van der Waals surface area contributed by atoms with E-state index >= 15 is 0 Å². The third-order valence-corrected chi connectivity index (χ3v) is 4.53. The average molecular weight is 395 g/mol. The highest BCUT2D eigenvalue weighted by Gasteiger charge is 2.34. The van der Waals surface area contributed by atoms with Gasteiger partial charge in [0.2, 0.25) is 0 Å². The fourth-order valence-corrected chi connectivity index (χ4v) is 3.33. The summed E-state index contributed by atoms with van der Waals surface area (Å²) in [5.74, 6) is 0. The maximum absolute atomic E-state index is 12.9.